The molecule has 4 N–H and O–H groups in total. The SMILES string of the molecule is CC1(C)CCC(Nc2cc(N)ccc2C(=O)O)C1. The zero-order chi connectivity index (χ0) is 13.3. The number of carbonyl (C=O) groups is 1. The van der Waals surface area contributed by atoms with E-state index in [9.17, 15) is 4.79 Å². The van der Waals surface area contributed by atoms with Gasteiger partial charge in [-0.3, -0.25) is 0 Å². The molecule has 1 fully saturated rings. The van der Waals surface area contributed by atoms with Crippen molar-refractivity contribution in [1.82, 2.24) is 0 Å². The van der Waals surface area contributed by atoms with Gasteiger partial charge in [-0.2, -0.15) is 0 Å². The normalized spacial score (nSPS) is 21.8. The highest BCUT2D eigenvalue weighted by Crippen LogP contribution is 2.38. The highest BCUT2D eigenvalue weighted by atomic mass is 16.4. The number of nitrogens with one attached hydrogen (secondary N) is 1. The van der Waals surface area contributed by atoms with Crippen LogP contribution in [0.1, 0.15) is 43.5 Å². The van der Waals surface area contributed by atoms with Gasteiger partial charge in [0.15, 0.2) is 0 Å². The lowest BCUT2D eigenvalue weighted by Gasteiger charge is -2.19. The van der Waals surface area contributed by atoms with E-state index in [0.717, 1.165) is 19.3 Å². The average molecular weight is 248 g/mol. The Bertz CT molecular complexity index is 469. The first kappa shape index (κ1) is 12.7. The molecule has 1 aromatic rings. The molecule has 0 amide bonds. The largest absolute Gasteiger partial charge is 0.478 e. The maximum Gasteiger partial charge on any atom is 0.337 e. The number of anilines is 2. The molecular formula is C14H20N2O2. The summed E-state index contributed by atoms with van der Waals surface area (Å²) < 4.78 is 0. The van der Waals surface area contributed by atoms with Gasteiger partial charge < -0.3 is 16.2 Å². The molecule has 18 heavy (non-hydrogen) atoms. The van der Waals surface area contributed by atoms with Gasteiger partial charge in [0.25, 0.3) is 0 Å². The van der Waals surface area contributed by atoms with Gasteiger partial charge in [-0.05, 0) is 42.9 Å². The van der Waals surface area contributed by atoms with Crippen LogP contribution in [-0.4, -0.2) is 17.1 Å². The third-order valence-corrected chi connectivity index (χ3v) is 3.60. The topological polar surface area (TPSA) is 75.3 Å². The number of rotatable bonds is 3. The van der Waals surface area contributed by atoms with E-state index in [0.29, 0.717) is 22.8 Å². The third-order valence-electron chi connectivity index (χ3n) is 3.60. The first-order chi connectivity index (χ1) is 8.37. The standard InChI is InChI=1S/C14H20N2O2/c1-14(2)6-5-10(8-14)16-12-7-9(15)3-4-11(12)13(17)18/h3-4,7,10,16H,5-6,8,15H2,1-2H3,(H,17,18). The summed E-state index contributed by atoms with van der Waals surface area (Å²) in [6.45, 7) is 4.48. The predicted octanol–water partition coefficient (Wildman–Crippen LogP) is 2.96. The van der Waals surface area contributed by atoms with Gasteiger partial charge in [0, 0.05) is 11.7 Å². The Morgan fingerprint density at radius 1 is 1.50 bits per heavy atom. The summed E-state index contributed by atoms with van der Waals surface area (Å²) >= 11 is 0. The van der Waals surface area contributed by atoms with E-state index in [1.54, 1.807) is 18.2 Å². The van der Waals surface area contributed by atoms with Crippen LogP contribution in [0, 0.1) is 5.41 Å². The highest BCUT2D eigenvalue weighted by Gasteiger charge is 2.31. The van der Waals surface area contributed by atoms with E-state index in [1.165, 1.54) is 0 Å². The van der Waals surface area contributed by atoms with Crippen LogP contribution < -0.4 is 11.1 Å². The number of nitrogen functional groups attached to an aromatic ring is 1. The van der Waals surface area contributed by atoms with Gasteiger partial charge in [0.1, 0.15) is 0 Å². The smallest absolute Gasteiger partial charge is 0.337 e. The molecule has 0 heterocycles. The molecule has 1 aliphatic carbocycles. The zero-order valence-corrected chi connectivity index (χ0v) is 10.9. The maximum absolute atomic E-state index is 11.2. The first-order valence-corrected chi connectivity index (χ1v) is 6.27. The second-order valence-corrected chi connectivity index (χ2v) is 5.86. The van der Waals surface area contributed by atoms with Crippen LogP contribution in [0.4, 0.5) is 11.4 Å². The van der Waals surface area contributed by atoms with Crippen molar-refractivity contribution in [1.29, 1.82) is 0 Å². The molecule has 1 aliphatic rings. The van der Waals surface area contributed by atoms with E-state index in [1.807, 2.05) is 0 Å². The summed E-state index contributed by atoms with van der Waals surface area (Å²) in [5.41, 5.74) is 7.56. The van der Waals surface area contributed by atoms with Crippen molar-refractivity contribution in [2.24, 2.45) is 5.41 Å². The molecule has 0 aromatic heterocycles. The lowest BCUT2D eigenvalue weighted by molar-refractivity contribution is 0.0698. The summed E-state index contributed by atoms with van der Waals surface area (Å²) in [5, 5.41) is 12.5. The number of hydrogen-bond donors (Lipinski definition) is 3. The molecule has 0 aliphatic heterocycles. The lowest BCUT2D eigenvalue weighted by atomic mass is 9.92. The fraction of sp³-hybridized carbons (Fsp3) is 0.500. The molecule has 2 rings (SSSR count). The number of carboxylic acid groups (broad SMARTS) is 1. The Hall–Kier alpha value is -1.71. The quantitative estimate of drug-likeness (QED) is 0.719. The molecule has 4 heteroatoms. The summed E-state index contributed by atoms with van der Waals surface area (Å²) in [7, 11) is 0. The van der Waals surface area contributed by atoms with Crippen molar-refractivity contribution in [2.75, 3.05) is 11.1 Å². The summed E-state index contributed by atoms with van der Waals surface area (Å²) in [6, 6.07) is 5.21. The fourth-order valence-electron chi connectivity index (χ4n) is 2.65. The zero-order valence-electron chi connectivity index (χ0n) is 10.9. The minimum Gasteiger partial charge on any atom is -0.478 e. The van der Waals surface area contributed by atoms with Gasteiger partial charge >= 0.3 is 5.97 Å². The van der Waals surface area contributed by atoms with E-state index in [4.69, 9.17) is 10.8 Å². The van der Waals surface area contributed by atoms with E-state index < -0.39 is 5.97 Å². The fourth-order valence-corrected chi connectivity index (χ4v) is 2.65. The molecule has 0 radical (unpaired) electrons. The number of nitrogens with two attached hydrogens (primary N) is 1. The number of aromatic carboxylic acids is 1. The second kappa shape index (κ2) is 4.52. The Balaban J connectivity index is 2.18. The molecular weight excluding hydrogens is 228 g/mol. The molecule has 1 aromatic carbocycles. The molecule has 0 bridgehead atoms. The third kappa shape index (κ3) is 2.75. The van der Waals surface area contributed by atoms with Crippen molar-refractivity contribution in [3.63, 3.8) is 0 Å². The van der Waals surface area contributed by atoms with Crippen LogP contribution in [0.2, 0.25) is 0 Å². The second-order valence-electron chi connectivity index (χ2n) is 5.86. The van der Waals surface area contributed by atoms with Gasteiger partial charge in [0.2, 0.25) is 0 Å². The lowest BCUT2D eigenvalue weighted by Crippen LogP contribution is -2.19. The van der Waals surface area contributed by atoms with Gasteiger partial charge in [0.05, 0.1) is 11.3 Å². The maximum atomic E-state index is 11.2. The number of carboxylic acids is 1. The molecule has 0 spiro atoms. The van der Waals surface area contributed by atoms with Crippen LogP contribution in [0.25, 0.3) is 0 Å². The highest BCUT2D eigenvalue weighted by molar-refractivity contribution is 5.95. The number of benzene rings is 1. The molecule has 1 unspecified atom stereocenters. The van der Waals surface area contributed by atoms with Crippen LogP contribution in [0.15, 0.2) is 18.2 Å². The summed E-state index contributed by atoms with van der Waals surface area (Å²) in [4.78, 5) is 11.2. The van der Waals surface area contributed by atoms with Crippen LogP contribution in [-0.2, 0) is 0 Å². The van der Waals surface area contributed by atoms with E-state index >= 15 is 0 Å². The van der Waals surface area contributed by atoms with Crippen molar-refractivity contribution >= 4 is 17.3 Å². The van der Waals surface area contributed by atoms with Crippen LogP contribution in [0.3, 0.4) is 0 Å². The Labute approximate surface area is 107 Å². The van der Waals surface area contributed by atoms with Gasteiger partial charge in [-0.1, -0.05) is 13.8 Å². The molecule has 0 saturated heterocycles. The molecule has 98 valence electrons. The molecule has 1 saturated carbocycles. The van der Waals surface area contributed by atoms with Crippen LogP contribution >= 0.6 is 0 Å². The van der Waals surface area contributed by atoms with Crippen molar-refractivity contribution in [2.45, 2.75) is 39.2 Å². The van der Waals surface area contributed by atoms with Crippen molar-refractivity contribution < 1.29 is 9.90 Å². The molecule has 1 atom stereocenters. The minimum atomic E-state index is -0.922. The van der Waals surface area contributed by atoms with E-state index in [-0.39, 0.29) is 5.56 Å². The van der Waals surface area contributed by atoms with Crippen molar-refractivity contribution in [3.05, 3.63) is 23.8 Å². The first-order valence-electron chi connectivity index (χ1n) is 6.27. The molecule has 4 nitrogen and oxygen atoms in total. The summed E-state index contributed by atoms with van der Waals surface area (Å²) in [6.07, 6.45) is 3.29. The summed E-state index contributed by atoms with van der Waals surface area (Å²) in [5.74, 6) is -0.922. The Morgan fingerprint density at radius 3 is 2.78 bits per heavy atom. The van der Waals surface area contributed by atoms with Gasteiger partial charge in [-0.15, -0.1) is 0 Å². The van der Waals surface area contributed by atoms with Gasteiger partial charge in [-0.25, -0.2) is 4.79 Å². The van der Waals surface area contributed by atoms with Crippen LogP contribution in [0.5, 0.6) is 0 Å². The monoisotopic (exact) mass is 248 g/mol. The Morgan fingerprint density at radius 2 is 2.22 bits per heavy atom. The van der Waals surface area contributed by atoms with Crippen molar-refractivity contribution in [3.8, 4) is 0 Å². The predicted molar refractivity (Wildman–Crippen MR) is 72.9 cm³/mol. The minimum absolute atomic E-state index is 0.286. The average Bonchev–Trinajstić information content (AvgIpc) is 2.57. The number of hydrogen-bond acceptors (Lipinski definition) is 3. The van der Waals surface area contributed by atoms with E-state index in [2.05, 4.69) is 19.2 Å². The Kier molecular flexibility index (Phi) is 3.20.